The summed E-state index contributed by atoms with van der Waals surface area (Å²) >= 11 is 9.83. The minimum Gasteiger partial charge on any atom is -0.334 e. The summed E-state index contributed by atoms with van der Waals surface area (Å²) in [6.45, 7) is 4.94. The van der Waals surface area contributed by atoms with Gasteiger partial charge in [0.05, 0.1) is 6.04 Å². The van der Waals surface area contributed by atoms with Gasteiger partial charge in [-0.2, -0.15) is 0 Å². The maximum atomic E-state index is 12.5. The van der Waals surface area contributed by atoms with Crippen LogP contribution in [0.15, 0.2) is 22.7 Å². The highest BCUT2D eigenvalue weighted by Crippen LogP contribution is 2.35. The van der Waals surface area contributed by atoms with Crippen molar-refractivity contribution in [1.82, 2.24) is 4.90 Å². The van der Waals surface area contributed by atoms with Crippen LogP contribution in [0.4, 0.5) is 0 Å². The number of carbonyl (C=O) groups excluding carboxylic acids is 1. The van der Waals surface area contributed by atoms with E-state index in [0.29, 0.717) is 23.9 Å². The summed E-state index contributed by atoms with van der Waals surface area (Å²) in [5.74, 6) is 0.580. The predicted octanol–water partition coefficient (Wildman–Crippen LogP) is 4.14. The minimum atomic E-state index is -0.136. The number of nitrogens with two attached hydrogens (primary N) is 1. The number of benzene rings is 1. The first-order chi connectivity index (χ1) is 9.90. The first-order valence-electron chi connectivity index (χ1n) is 7.40. The summed E-state index contributed by atoms with van der Waals surface area (Å²) in [6.07, 6.45) is 2.27. The Morgan fingerprint density at radius 3 is 2.81 bits per heavy atom. The lowest BCUT2D eigenvalue weighted by Gasteiger charge is -2.35. The van der Waals surface area contributed by atoms with Crippen molar-refractivity contribution in [3.8, 4) is 0 Å². The van der Waals surface area contributed by atoms with Crippen LogP contribution in [0.5, 0.6) is 0 Å². The summed E-state index contributed by atoms with van der Waals surface area (Å²) in [5.41, 5.74) is 7.33. The van der Waals surface area contributed by atoms with E-state index in [4.69, 9.17) is 17.3 Å². The Kier molecular flexibility index (Phi) is 5.69. The van der Waals surface area contributed by atoms with E-state index in [1.807, 2.05) is 23.1 Å². The fraction of sp³-hybridized carbons (Fsp3) is 0.562. The van der Waals surface area contributed by atoms with Gasteiger partial charge in [-0.3, -0.25) is 4.79 Å². The summed E-state index contributed by atoms with van der Waals surface area (Å²) < 4.78 is 0.931. The van der Waals surface area contributed by atoms with E-state index in [0.717, 1.165) is 22.9 Å². The van der Waals surface area contributed by atoms with Crippen LogP contribution in [-0.2, 0) is 4.79 Å². The molecule has 5 heteroatoms. The number of hydrogen-bond donors (Lipinski definition) is 1. The van der Waals surface area contributed by atoms with Crippen molar-refractivity contribution in [2.24, 2.45) is 11.7 Å². The van der Waals surface area contributed by atoms with Crippen LogP contribution in [0.2, 0.25) is 5.02 Å². The molecule has 1 aliphatic rings. The molecule has 3 nitrogen and oxygen atoms in total. The molecule has 116 valence electrons. The highest BCUT2D eigenvalue weighted by molar-refractivity contribution is 9.10. The average molecular weight is 374 g/mol. The molecule has 2 unspecified atom stereocenters. The van der Waals surface area contributed by atoms with E-state index in [1.54, 1.807) is 0 Å². The lowest BCUT2D eigenvalue weighted by molar-refractivity contribution is -0.133. The molecule has 0 radical (unpaired) electrons. The lowest BCUT2D eigenvalue weighted by Crippen LogP contribution is -2.44. The Hall–Kier alpha value is -0.580. The number of carbonyl (C=O) groups is 1. The maximum Gasteiger partial charge on any atom is 0.223 e. The van der Waals surface area contributed by atoms with Crippen LogP contribution in [0.3, 0.4) is 0 Å². The minimum absolute atomic E-state index is 0.0751. The van der Waals surface area contributed by atoms with E-state index in [-0.39, 0.29) is 18.0 Å². The van der Waals surface area contributed by atoms with Crippen LogP contribution in [0.25, 0.3) is 0 Å². The van der Waals surface area contributed by atoms with E-state index in [9.17, 15) is 4.79 Å². The van der Waals surface area contributed by atoms with Crippen LogP contribution in [0, 0.1) is 5.92 Å². The molecule has 0 spiro atoms. The standard InChI is InChI=1S/C16H22BrClN2O/c1-10(2)9-20-15(21)5-3-4-14(19)16(20)12-7-6-11(17)8-13(12)18/h6-8,10,14,16H,3-5,9,19H2,1-2H3. The van der Waals surface area contributed by atoms with Gasteiger partial charge in [-0.05, 0) is 36.5 Å². The van der Waals surface area contributed by atoms with Crippen molar-refractivity contribution in [2.45, 2.75) is 45.2 Å². The van der Waals surface area contributed by atoms with Gasteiger partial charge in [0.25, 0.3) is 0 Å². The van der Waals surface area contributed by atoms with Crippen molar-refractivity contribution < 1.29 is 4.79 Å². The first-order valence-corrected chi connectivity index (χ1v) is 8.57. The molecule has 0 aromatic heterocycles. The van der Waals surface area contributed by atoms with E-state index < -0.39 is 0 Å². The largest absolute Gasteiger partial charge is 0.334 e. The van der Waals surface area contributed by atoms with Gasteiger partial charge in [0.15, 0.2) is 0 Å². The van der Waals surface area contributed by atoms with Crippen molar-refractivity contribution in [3.05, 3.63) is 33.3 Å². The van der Waals surface area contributed by atoms with Gasteiger partial charge in [0, 0.05) is 28.5 Å². The van der Waals surface area contributed by atoms with Crippen LogP contribution >= 0.6 is 27.5 Å². The van der Waals surface area contributed by atoms with Gasteiger partial charge in [-0.25, -0.2) is 0 Å². The number of halogens is 2. The molecule has 1 amide bonds. The summed E-state index contributed by atoms with van der Waals surface area (Å²) in [5, 5.41) is 0.660. The zero-order valence-electron chi connectivity index (χ0n) is 12.5. The third-order valence-corrected chi connectivity index (χ3v) is 4.65. The Morgan fingerprint density at radius 1 is 1.48 bits per heavy atom. The highest BCUT2D eigenvalue weighted by atomic mass is 79.9. The fourth-order valence-corrected chi connectivity index (χ4v) is 3.71. The van der Waals surface area contributed by atoms with E-state index in [1.165, 1.54) is 0 Å². The molecular formula is C16H22BrClN2O. The van der Waals surface area contributed by atoms with Crippen molar-refractivity contribution >= 4 is 33.4 Å². The van der Waals surface area contributed by atoms with Crippen molar-refractivity contribution in [2.75, 3.05) is 6.54 Å². The second-order valence-electron chi connectivity index (χ2n) is 6.11. The first kappa shape index (κ1) is 16.8. The smallest absolute Gasteiger partial charge is 0.223 e. The monoisotopic (exact) mass is 372 g/mol. The Morgan fingerprint density at radius 2 is 2.19 bits per heavy atom. The van der Waals surface area contributed by atoms with Gasteiger partial charge < -0.3 is 10.6 Å². The zero-order valence-corrected chi connectivity index (χ0v) is 14.8. The number of rotatable bonds is 3. The average Bonchev–Trinajstić information content (AvgIpc) is 2.51. The predicted molar refractivity (Wildman–Crippen MR) is 90.3 cm³/mol. The molecule has 21 heavy (non-hydrogen) atoms. The quantitative estimate of drug-likeness (QED) is 0.865. The molecular weight excluding hydrogens is 352 g/mol. The van der Waals surface area contributed by atoms with Gasteiger partial charge in [-0.1, -0.05) is 47.4 Å². The topological polar surface area (TPSA) is 46.3 Å². The van der Waals surface area contributed by atoms with Crippen LogP contribution in [0.1, 0.15) is 44.7 Å². The third-order valence-electron chi connectivity index (χ3n) is 3.83. The molecule has 2 atom stereocenters. The van der Waals surface area contributed by atoms with Crippen molar-refractivity contribution in [1.29, 1.82) is 0 Å². The van der Waals surface area contributed by atoms with Crippen LogP contribution in [-0.4, -0.2) is 23.4 Å². The second-order valence-corrected chi connectivity index (χ2v) is 7.43. The summed E-state index contributed by atoms with van der Waals surface area (Å²) in [4.78, 5) is 14.4. The summed E-state index contributed by atoms with van der Waals surface area (Å²) in [6, 6.07) is 5.59. The zero-order chi connectivity index (χ0) is 15.6. The highest BCUT2D eigenvalue weighted by Gasteiger charge is 2.34. The van der Waals surface area contributed by atoms with Gasteiger partial charge in [-0.15, -0.1) is 0 Å². The number of hydrogen-bond acceptors (Lipinski definition) is 2. The van der Waals surface area contributed by atoms with Crippen molar-refractivity contribution in [3.63, 3.8) is 0 Å². The second kappa shape index (κ2) is 7.12. The molecule has 1 fully saturated rings. The molecule has 1 aromatic rings. The molecule has 1 aromatic carbocycles. The third kappa shape index (κ3) is 3.99. The SMILES string of the molecule is CC(C)CN1C(=O)CCCC(N)C1c1ccc(Br)cc1Cl. The molecule has 1 aliphatic heterocycles. The number of nitrogens with zero attached hydrogens (tertiary/aromatic N) is 1. The van der Waals surface area contributed by atoms with Gasteiger partial charge in [0.1, 0.15) is 0 Å². The van der Waals surface area contributed by atoms with E-state index in [2.05, 4.69) is 29.8 Å². The van der Waals surface area contributed by atoms with Crippen LogP contribution < -0.4 is 5.73 Å². The Labute approximate surface area is 140 Å². The van der Waals surface area contributed by atoms with Gasteiger partial charge in [0.2, 0.25) is 5.91 Å². The molecule has 1 saturated heterocycles. The van der Waals surface area contributed by atoms with Gasteiger partial charge >= 0.3 is 0 Å². The molecule has 0 aliphatic carbocycles. The Balaban J connectivity index is 2.43. The molecule has 2 N–H and O–H groups in total. The van der Waals surface area contributed by atoms with E-state index >= 15 is 0 Å². The fourth-order valence-electron chi connectivity index (χ4n) is 2.93. The molecule has 1 heterocycles. The maximum absolute atomic E-state index is 12.5. The molecule has 0 bridgehead atoms. The molecule has 0 saturated carbocycles. The normalized spacial score (nSPS) is 23.5. The number of amides is 1. The summed E-state index contributed by atoms with van der Waals surface area (Å²) in [7, 11) is 0. The number of likely N-dealkylation sites (tertiary alicyclic amines) is 1. The lowest BCUT2D eigenvalue weighted by atomic mass is 9.95. The molecule has 2 rings (SSSR count). The Bertz CT molecular complexity index is 521.